The van der Waals surface area contributed by atoms with E-state index in [0.29, 0.717) is 22.6 Å². The normalized spacial score (nSPS) is 13.2. The third-order valence-electron chi connectivity index (χ3n) is 4.56. The van der Waals surface area contributed by atoms with Gasteiger partial charge in [0.1, 0.15) is 0 Å². The fourth-order valence-corrected chi connectivity index (χ4v) is 3.67. The molecule has 0 saturated carbocycles. The van der Waals surface area contributed by atoms with Crippen molar-refractivity contribution < 1.29 is 14.6 Å². The van der Waals surface area contributed by atoms with Crippen molar-refractivity contribution >= 4 is 29.1 Å². The van der Waals surface area contributed by atoms with E-state index in [4.69, 9.17) is 23.2 Å². The average molecular weight is 481 g/mol. The van der Waals surface area contributed by atoms with Gasteiger partial charge in [-0.3, -0.25) is 4.79 Å². The van der Waals surface area contributed by atoms with Crippen LogP contribution < -0.4 is 5.32 Å². The highest BCUT2D eigenvalue weighted by Gasteiger charge is 2.13. The Bertz CT molecular complexity index is 825. The highest BCUT2D eigenvalue weighted by molar-refractivity contribution is 6.39. The zero-order chi connectivity index (χ0) is 23.9. The van der Waals surface area contributed by atoms with Gasteiger partial charge in [-0.25, -0.2) is 9.78 Å². The molecule has 0 bridgehead atoms. The van der Waals surface area contributed by atoms with Crippen molar-refractivity contribution in [1.82, 2.24) is 10.2 Å². The van der Waals surface area contributed by atoms with Crippen LogP contribution in [0, 0.1) is 0 Å². The third-order valence-corrected chi connectivity index (χ3v) is 5.19. The Hall–Kier alpha value is -2.05. The molecule has 0 aromatic heterocycles. The second-order valence-electron chi connectivity index (χ2n) is 7.12. The summed E-state index contributed by atoms with van der Waals surface area (Å²) in [7, 11) is 1.40. The molecule has 0 atom stereocenters. The number of likely N-dealkylation sites (N-methyl/N-ethyl adjacent to an activating group) is 1. The molecule has 2 rings (SSSR count). The van der Waals surface area contributed by atoms with Crippen molar-refractivity contribution in [2.75, 3.05) is 26.8 Å². The first kappa shape index (κ1) is 28.0. The van der Waals surface area contributed by atoms with Gasteiger partial charge in [0.15, 0.2) is 0 Å². The standard InChI is InChI=1S/C15H23N.C10H11Cl2NO3/c1-5-8-14-9-7-10-15(12-11-14)16(6-2)13(3)4;1-15-16-6-5-13-10(14)9-7(11)3-2-4-8(9)12/h5,8-13H,6-7H2,1-4H3;2-4H,5-6H2,1H3,(H,13,14)/b8-5+;. The summed E-state index contributed by atoms with van der Waals surface area (Å²) in [6.45, 7) is 10.4. The number of halogens is 2. The molecule has 1 aliphatic carbocycles. The fourth-order valence-electron chi connectivity index (χ4n) is 3.10. The summed E-state index contributed by atoms with van der Waals surface area (Å²) in [5.41, 5.74) is 2.91. The quantitative estimate of drug-likeness (QED) is 0.253. The molecule has 1 aromatic rings. The Morgan fingerprint density at radius 2 is 1.91 bits per heavy atom. The van der Waals surface area contributed by atoms with Crippen LogP contribution in [0.5, 0.6) is 0 Å². The summed E-state index contributed by atoms with van der Waals surface area (Å²) in [6.07, 6.45) is 14.2. The summed E-state index contributed by atoms with van der Waals surface area (Å²) >= 11 is 11.7. The van der Waals surface area contributed by atoms with Crippen LogP contribution in [0.25, 0.3) is 0 Å². The van der Waals surface area contributed by atoms with Crippen molar-refractivity contribution in [3.63, 3.8) is 0 Å². The molecule has 32 heavy (non-hydrogen) atoms. The zero-order valence-corrected chi connectivity index (χ0v) is 21.0. The van der Waals surface area contributed by atoms with Crippen LogP contribution in [-0.2, 0) is 9.78 Å². The maximum absolute atomic E-state index is 11.7. The topological polar surface area (TPSA) is 50.8 Å². The lowest BCUT2D eigenvalue weighted by molar-refractivity contribution is -0.270. The summed E-state index contributed by atoms with van der Waals surface area (Å²) in [6, 6.07) is 5.45. The lowest BCUT2D eigenvalue weighted by Crippen LogP contribution is -2.29. The number of carbonyl (C=O) groups excluding carboxylic acids is 1. The van der Waals surface area contributed by atoms with Gasteiger partial charge in [-0.05, 0) is 57.9 Å². The number of nitrogens with one attached hydrogen (secondary N) is 1. The van der Waals surface area contributed by atoms with Crippen molar-refractivity contribution in [1.29, 1.82) is 0 Å². The van der Waals surface area contributed by atoms with Crippen molar-refractivity contribution in [2.45, 2.75) is 40.2 Å². The third kappa shape index (κ3) is 9.61. The second-order valence-corrected chi connectivity index (χ2v) is 7.94. The molecule has 176 valence electrons. The minimum atomic E-state index is -0.338. The number of nitrogens with zero attached hydrogens (tertiary/aromatic N) is 1. The van der Waals surface area contributed by atoms with Gasteiger partial charge in [0.05, 0.1) is 29.3 Å². The van der Waals surface area contributed by atoms with E-state index in [9.17, 15) is 4.79 Å². The van der Waals surface area contributed by atoms with E-state index in [2.05, 4.69) is 84.1 Å². The molecule has 0 aliphatic heterocycles. The predicted octanol–water partition coefficient (Wildman–Crippen LogP) is 6.36. The van der Waals surface area contributed by atoms with Gasteiger partial charge in [-0.2, -0.15) is 0 Å². The molecule has 0 unspecified atom stereocenters. The van der Waals surface area contributed by atoms with Crippen molar-refractivity contribution in [3.05, 3.63) is 81.5 Å². The van der Waals surface area contributed by atoms with Crippen LogP contribution in [0.3, 0.4) is 0 Å². The van der Waals surface area contributed by atoms with Crippen molar-refractivity contribution in [2.24, 2.45) is 0 Å². The minimum Gasteiger partial charge on any atom is -0.370 e. The van der Waals surface area contributed by atoms with Gasteiger partial charge < -0.3 is 10.2 Å². The summed E-state index contributed by atoms with van der Waals surface area (Å²) in [5, 5.41) is 3.24. The molecule has 7 heteroatoms. The molecular formula is C25H34Cl2N2O3. The minimum absolute atomic E-state index is 0.254. The molecule has 0 heterocycles. The number of carbonyl (C=O) groups is 1. The number of amides is 1. The van der Waals surface area contributed by atoms with Crippen LogP contribution in [0.15, 0.2) is 65.9 Å². The molecule has 5 nitrogen and oxygen atoms in total. The predicted molar refractivity (Wildman–Crippen MR) is 134 cm³/mol. The van der Waals surface area contributed by atoms with Crippen LogP contribution in [-0.4, -0.2) is 43.7 Å². The van der Waals surface area contributed by atoms with E-state index < -0.39 is 0 Å². The lowest BCUT2D eigenvalue weighted by Gasteiger charge is -2.28. The van der Waals surface area contributed by atoms with Gasteiger partial charge in [-0.1, -0.05) is 59.6 Å². The Labute approximate surface area is 202 Å². The smallest absolute Gasteiger partial charge is 0.254 e. The molecular weight excluding hydrogens is 447 g/mol. The molecule has 0 radical (unpaired) electrons. The molecule has 0 fully saturated rings. The Balaban J connectivity index is 0.000000320. The molecule has 0 saturated heterocycles. The van der Waals surface area contributed by atoms with Gasteiger partial charge in [-0.15, -0.1) is 0 Å². The molecule has 1 N–H and O–H groups in total. The first-order valence-corrected chi connectivity index (χ1v) is 11.5. The summed E-state index contributed by atoms with van der Waals surface area (Å²) in [5.74, 6) is -0.338. The Morgan fingerprint density at radius 1 is 1.22 bits per heavy atom. The summed E-state index contributed by atoms with van der Waals surface area (Å²) < 4.78 is 0. The van der Waals surface area contributed by atoms with Crippen LogP contribution in [0.1, 0.15) is 44.5 Å². The largest absolute Gasteiger partial charge is 0.370 e. The van der Waals surface area contributed by atoms with Crippen LogP contribution in [0.2, 0.25) is 10.0 Å². The first-order chi connectivity index (χ1) is 15.3. The fraction of sp³-hybridized carbons (Fsp3) is 0.400. The maximum Gasteiger partial charge on any atom is 0.254 e. The molecule has 1 aromatic carbocycles. The second kappa shape index (κ2) is 15.7. The maximum atomic E-state index is 11.7. The average Bonchev–Trinajstić information content (AvgIpc) is 2.98. The van der Waals surface area contributed by atoms with E-state index >= 15 is 0 Å². The first-order valence-electron chi connectivity index (χ1n) is 10.7. The number of hydrogen-bond acceptors (Lipinski definition) is 4. The highest BCUT2D eigenvalue weighted by atomic mass is 35.5. The van der Waals surface area contributed by atoms with E-state index in [0.717, 1.165) is 13.0 Å². The monoisotopic (exact) mass is 480 g/mol. The Kier molecular flexibility index (Phi) is 13.7. The van der Waals surface area contributed by atoms with Gasteiger partial charge in [0, 0.05) is 24.8 Å². The van der Waals surface area contributed by atoms with E-state index in [1.165, 1.54) is 18.4 Å². The van der Waals surface area contributed by atoms with Crippen LogP contribution >= 0.6 is 23.2 Å². The van der Waals surface area contributed by atoms with E-state index in [-0.39, 0.29) is 18.1 Å². The van der Waals surface area contributed by atoms with Gasteiger partial charge >= 0.3 is 0 Å². The number of hydrogen-bond donors (Lipinski definition) is 1. The van der Waals surface area contributed by atoms with E-state index in [1.807, 2.05) is 0 Å². The SMILES string of the molecule is C/C=C/C1=CCC=C(N(CC)C(C)C)C=C1.COOCCNC(=O)c1c(Cl)cccc1Cl. The van der Waals surface area contributed by atoms with E-state index in [1.54, 1.807) is 18.2 Å². The number of rotatable bonds is 9. The van der Waals surface area contributed by atoms with Gasteiger partial charge in [0.2, 0.25) is 0 Å². The summed E-state index contributed by atoms with van der Waals surface area (Å²) in [4.78, 5) is 23.1. The number of benzene rings is 1. The number of allylic oxidation sites excluding steroid dienone is 7. The molecule has 1 aliphatic rings. The van der Waals surface area contributed by atoms with Crippen LogP contribution in [0.4, 0.5) is 0 Å². The Morgan fingerprint density at radius 3 is 2.47 bits per heavy atom. The van der Waals surface area contributed by atoms with Gasteiger partial charge in [0.25, 0.3) is 5.91 Å². The lowest BCUT2D eigenvalue weighted by atomic mass is 10.2. The zero-order valence-electron chi connectivity index (χ0n) is 19.5. The van der Waals surface area contributed by atoms with Crippen molar-refractivity contribution in [3.8, 4) is 0 Å². The molecule has 0 spiro atoms. The molecule has 1 amide bonds. The highest BCUT2D eigenvalue weighted by Crippen LogP contribution is 2.23.